The Morgan fingerprint density at radius 1 is 0.953 bits per heavy atom. The Morgan fingerprint density at radius 2 is 1.70 bits per heavy atom. The standard InChI is InChI=1S/C32H27FN6O4/c33-24-7-1-20(2-8-24)13-29(41)34-25-9-3-21(4-10-25)23-6-12-28-36-31(37-39(28)15-23)35-26-11-5-22(14-27(26)40)30(42)38-16-32(17-38)18-43-19-32/h1-12,14-15,40H,13,16-19H2,(H,34,41)(H,35,37). The predicted octanol–water partition coefficient (Wildman–Crippen LogP) is 4.64. The van der Waals surface area contributed by atoms with Gasteiger partial charge < -0.3 is 25.4 Å². The molecule has 2 amide bonds. The number of nitrogens with one attached hydrogen (secondary N) is 2. The van der Waals surface area contributed by atoms with Crippen molar-refractivity contribution in [1.29, 1.82) is 0 Å². The summed E-state index contributed by atoms with van der Waals surface area (Å²) in [4.78, 5) is 31.4. The predicted molar refractivity (Wildman–Crippen MR) is 158 cm³/mol. The van der Waals surface area contributed by atoms with E-state index in [1.54, 1.807) is 33.7 Å². The number of amides is 2. The summed E-state index contributed by atoms with van der Waals surface area (Å²) < 4.78 is 20.0. The maximum atomic E-state index is 13.1. The van der Waals surface area contributed by atoms with Crippen LogP contribution in [0.25, 0.3) is 16.8 Å². The van der Waals surface area contributed by atoms with Crippen LogP contribution in [0.2, 0.25) is 0 Å². The number of carbonyl (C=O) groups excluding carboxylic acids is 2. The van der Waals surface area contributed by atoms with E-state index in [4.69, 9.17) is 4.74 Å². The van der Waals surface area contributed by atoms with Crippen molar-refractivity contribution in [3.05, 3.63) is 102 Å². The highest BCUT2D eigenvalue weighted by Crippen LogP contribution is 2.38. The van der Waals surface area contributed by atoms with Crippen LogP contribution in [0, 0.1) is 11.2 Å². The molecule has 2 aromatic heterocycles. The zero-order chi connectivity index (χ0) is 29.6. The van der Waals surface area contributed by atoms with E-state index in [1.807, 2.05) is 42.6 Å². The van der Waals surface area contributed by atoms with Crippen LogP contribution in [0.3, 0.4) is 0 Å². The molecule has 7 rings (SSSR count). The van der Waals surface area contributed by atoms with Gasteiger partial charge in [0.15, 0.2) is 5.65 Å². The second-order valence-corrected chi connectivity index (χ2v) is 11.1. The Labute approximate surface area is 245 Å². The number of phenols is 1. The fourth-order valence-electron chi connectivity index (χ4n) is 5.40. The zero-order valence-corrected chi connectivity index (χ0v) is 23.0. The minimum absolute atomic E-state index is 0.0718. The lowest BCUT2D eigenvalue weighted by molar-refractivity contribution is -0.176. The van der Waals surface area contributed by atoms with Crippen LogP contribution in [0.4, 0.5) is 21.7 Å². The normalized spacial score (nSPS) is 15.1. The largest absolute Gasteiger partial charge is 0.506 e. The molecule has 1 spiro atoms. The molecular formula is C32H27FN6O4. The van der Waals surface area contributed by atoms with Gasteiger partial charge in [0.1, 0.15) is 11.6 Å². The van der Waals surface area contributed by atoms with E-state index in [0.717, 1.165) is 16.7 Å². The fraction of sp³-hybridized carbons (Fsp3) is 0.188. The molecular weight excluding hydrogens is 551 g/mol. The monoisotopic (exact) mass is 578 g/mol. The number of pyridine rings is 1. The molecule has 5 aromatic rings. The second kappa shape index (κ2) is 10.5. The Hall–Kier alpha value is -5.29. The van der Waals surface area contributed by atoms with Crippen LogP contribution in [0.5, 0.6) is 5.75 Å². The number of aromatic hydroxyl groups is 1. The molecule has 11 heteroatoms. The molecule has 4 heterocycles. The van der Waals surface area contributed by atoms with E-state index in [2.05, 4.69) is 20.7 Å². The molecule has 216 valence electrons. The molecule has 3 N–H and O–H groups in total. The number of hydrogen-bond donors (Lipinski definition) is 3. The lowest BCUT2D eigenvalue weighted by Gasteiger charge is -2.54. The summed E-state index contributed by atoms with van der Waals surface area (Å²) in [5.74, 6) is -0.421. The van der Waals surface area contributed by atoms with Gasteiger partial charge in [-0.15, -0.1) is 5.10 Å². The first-order valence-corrected chi connectivity index (χ1v) is 13.8. The first kappa shape index (κ1) is 26.6. The van der Waals surface area contributed by atoms with Gasteiger partial charge in [-0.3, -0.25) is 9.59 Å². The number of halogens is 1. The summed E-state index contributed by atoms with van der Waals surface area (Å²) in [6.45, 7) is 2.76. The minimum Gasteiger partial charge on any atom is -0.506 e. The van der Waals surface area contributed by atoms with Crippen LogP contribution < -0.4 is 10.6 Å². The number of phenolic OH excluding ortho intramolecular Hbond substituents is 1. The van der Waals surface area contributed by atoms with Crippen molar-refractivity contribution in [3.63, 3.8) is 0 Å². The second-order valence-electron chi connectivity index (χ2n) is 11.1. The summed E-state index contributed by atoms with van der Waals surface area (Å²) in [7, 11) is 0. The van der Waals surface area contributed by atoms with Gasteiger partial charge >= 0.3 is 0 Å². The van der Waals surface area contributed by atoms with Crippen LogP contribution in [0.15, 0.2) is 85.1 Å². The highest BCUT2D eigenvalue weighted by atomic mass is 19.1. The lowest BCUT2D eigenvalue weighted by Crippen LogP contribution is -2.67. The summed E-state index contributed by atoms with van der Waals surface area (Å²) >= 11 is 0. The number of fused-ring (bicyclic) bond motifs is 1. The van der Waals surface area contributed by atoms with E-state index >= 15 is 0 Å². The third-order valence-corrected chi connectivity index (χ3v) is 7.76. The minimum atomic E-state index is -0.338. The summed E-state index contributed by atoms with van der Waals surface area (Å²) in [6.07, 6.45) is 1.99. The first-order valence-electron chi connectivity index (χ1n) is 13.8. The number of rotatable bonds is 7. The maximum absolute atomic E-state index is 13.1. The molecule has 0 aliphatic carbocycles. The van der Waals surface area contributed by atoms with Gasteiger partial charge in [-0.2, -0.15) is 4.98 Å². The van der Waals surface area contributed by atoms with Crippen LogP contribution in [-0.4, -0.2) is 62.7 Å². The zero-order valence-electron chi connectivity index (χ0n) is 23.0. The Bertz CT molecular complexity index is 1840. The summed E-state index contributed by atoms with van der Waals surface area (Å²) in [6, 6.07) is 21.8. The molecule has 2 fully saturated rings. The molecule has 10 nitrogen and oxygen atoms in total. The quantitative estimate of drug-likeness (QED) is 0.241. The third kappa shape index (κ3) is 5.38. The van der Waals surface area contributed by atoms with Crippen LogP contribution in [0.1, 0.15) is 15.9 Å². The van der Waals surface area contributed by atoms with Crippen molar-refractivity contribution in [3.8, 4) is 16.9 Å². The molecule has 0 radical (unpaired) electrons. The van der Waals surface area contributed by atoms with Gasteiger partial charge in [0, 0.05) is 36.1 Å². The van der Waals surface area contributed by atoms with Crippen molar-refractivity contribution in [2.75, 3.05) is 36.9 Å². The van der Waals surface area contributed by atoms with E-state index in [-0.39, 0.29) is 35.2 Å². The van der Waals surface area contributed by atoms with Crippen LogP contribution in [-0.2, 0) is 16.0 Å². The Kier molecular flexibility index (Phi) is 6.51. The number of aromatic nitrogens is 3. The van der Waals surface area contributed by atoms with E-state index in [0.29, 0.717) is 54.8 Å². The van der Waals surface area contributed by atoms with E-state index in [9.17, 15) is 19.1 Å². The first-order chi connectivity index (χ1) is 20.8. The number of anilines is 3. The molecule has 2 saturated heterocycles. The number of benzene rings is 3. The van der Waals surface area contributed by atoms with Gasteiger partial charge in [-0.05, 0) is 65.7 Å². The maximum Gasteiger partial charge on any atom is 0.254 e. The Balaban J connectivity index is 0.995. The fourth-order valence-corrected chi connectivity index (χ4v) is 5.40. The molecule has 0 atom stereocenters. The molecule has 2 aliphatic rings. The van der Waals surface area contributed by atoms with Gasteiger partial charge in [0.25, 0.3) is 5.91 Å². The van der Waals surface area contributed by atoms with Gasteiger partial charge in [-0.1, -0.05) is 24.3 Å². The number of ether oxygens (including phenoxy) is 1. The number of nitrogens with zero attached hydrogens (tertiary/aromatic N) is 4. The Morgan fingerprint density at radius 3 is 2.40 bits per heavy atom. The van der Waals surface area contributed by atoms with Gasteiger partial charge in [0.05, 0.1) is 30.7 Å². The van der Waals surface area contributed by atoms with E-state index in [1.165, 1.54) is 18.2 Å². The molecule has 0 unspecified atom stereocenters. The van der Waals surface area contributed by atoms with Crippen molar-refractivity contribution in [2.45, 2.75) is 6.42 Å². The molecule has 0 bridgehead atoms. The highest BCUT2D eigenvalue weighted by molar-refractivity contribution is 5.96. The van der Waals surface area contributed by atoms with Gasteiger partial charge in [-0.25, -0.2) is 8.91 Å². The van der Waals surface area contributed by atoms with Crippen molar-refractivity contribution in [1.82, 2.24) is 19.5 Å². The van der Waals surface area contributed by atoms with Crippen molar-refractivity contribution in [2.24, 2.45) is 5.41 Å². The van der Waals surface area contributed by atoms with Crippen molar-refractivity contribution >= 4 is 34.8 Å². The number of likely N-dealkylation sites (tertiary alicyclic amines) is 1. The number of carbonyl (C=O) groups is 2. The molecule has 3 aromatic carbocycles. The third-order valence-electron chi connectivity index (χ3n) is 7.76. The highest BCUT2D eigenvalue weighted by Gasteiger charge is 2.50. The lowest BCUT2D eigenvalue weighted by atomic mass is 9.78. The SMILES string of the molecule is O=C(Cc1ccc(F)cc1)Nc1ccc(-c2ccc3nc(Nc4ccc(C(=O)N5CC6(COC6)C5)cc4O)nn3c2)cc1. The average Bonchev–Trinajstić information content (AvgIpc) is 3.36. The molecule has 0 saturated carbocycles. The van der Waals surface area contributed by atoms with Crippen molar-refractivity contribution < 1.29 is 23.8 Å². The number of hydrogen-bond acceptors (Lipinski definition) is 7. The smallest absolute Gasteiger partial charge is 0.254 e. The molecule has 2 aliphatic heterocycles. The summed E-state index contributed by atoms with van der Waals surface area (Å²) in [5, 5.41) is 21.0. The average molecular weight is 579 g/mol. The molecule has 43 heavy (non-hydrogen) atoms. The van der Waals surface area contributed by atoms with E-state index < -0.39 is 0 Å². The topological polar surface area (TPSA) is 121 Å². The summed E-state index contributed by atoms with van der Waals surface area (Å²) in [5.41, 5.74) is 4.73. The van der Waals surface area contributed by atoms with Gasteiger partial charge in [0.2, 0.25) is 11.9 Å². The van der Waals surface area contributed by atoms with Crippen LogP contribution >= 0.6 is 0 Å².